The van der Waals surface area contributed by atoms with Crippen LogP contribution in [0.4, 0.5) is 0 Å². The van der Waals surface area contributed by atoms with E-state index >= 15 is 0 Å². The van der Waals surface area contributed by atoms with Crippen LogP contribution in [0, 0.1) is 5.92 Å². The molecule has 2 aliphatic rings. The molecule has 2 atom stereocenters. The minimum Gasteiger partial charge on any atom is -0.340 e. The number of piperidine rings is 1. The molecular weight excluding hydrogens is 176 g/mol. The monoisotopic (exact) mass is 196 g/mol. The highest BCUT2D eigenvalue weighted by Crippen LogP contribution is 2.27. The summed E-state index contributed by atoms with van der Waals surface area (Å²) in [5.41, 5.74) is 0. The van der Waals surface area contributed by atoms with Gasteiger partial charge >= 0.3 is 0 Å². The van der Waals surface area contributed by atoms with Crippen molar-refractivity contribution in [1.29, 1.82) is 0 Å². The molecule has 2 aliphatic heterocycles. The Labute approximate surface area is 85.8 Å². The molecule has 2 heterocycles. The van der Waals surface area contributed by atoms with Gasteiger partial charge in [-0.1, -0.05) is 0 Å². The Hall–Kier alpha value is -0.570. The van der Waals surface area contributed by atoms with Gasteiger partial charge in [0, 0.05) is 19.5 Å². The zero-order valence-electron chi connectivity index (χ0n) is 8.96. The number of carbonyl (C=O) groups is 1. The van der Waals surface area contributed by atoms with E-state index in [9.17, 15) is 4.79 Å². The fourth-order valence-electron chi connectivity index (χ4n) is 2.88. The van der Waals surface area contributed by atoms with Crippen molar-refractivity contribution in [2.75, 3.05) is 19.6 Å². The van der Waals surface area contributed by atoms with Crippen molar-refractivity contribution in [3.05, 3.63) is 0 Å². The minimum absolute atomic E-state index is 0.262. The first kappa shape index (κ1) is 9.97. The summed E-state index contributed by atoms with van der Waals surface area (Å²) in [6.07, 6.45) is 4.97. The maximum atomic E-state index is 11.4. The number of likely N-dealkylation sites (tertiary alicyclic amines) is 1. The maximum Gasteiger partial charge on any atom is 0.219 e. The molecule has 2 rings (SSSR count). The van der Waals surface area contributed by atoms with Crippen LogP contribution in [0.1, 0.15) is 32.6 Å². The number of nitrogens with one attached hydrogen (secondary N) is 1. The second-order valence-electron chi connectivity index (χ2n) is 4.53. The van der Waals surface area contributed by atoms with Crippen molar-refractivity contribution in [2.24, 2.45) is 5.92 Å². The van der Waals surface area contributed by atoms with Gasteiger partial charge < -0.3 is 10.2 Å². The van der Waals surface area contributed by atoms with Gasteiger partial charge in [-0.05, 0) is 44.7 Å². The van der Waals surface area contributed by atoms with Crippen molar-refractivity contribution in [3.8, 4) is 0 Å². The van der Waals surface area contributed by atoms with Gasteiger partial charge in [-0.25, -0.2) is 0 Å². The topological polar surface area (TPSA) is 32.3 Å². The molecule has 1 amide bonds. The first-order chi connectivity index (χ1) is 6.79. The summed E-state index contributed by atoms with van der Waals surface area (Å²) < 4.78 is 0. The molecule has 0 radical (unpaired) electrons. The first-order valence-electron chi connectivity index (χ1n) is 5.77. The SMILES string of the molecule is CC(=O)N1CCCC1C1CCCNC1. The van der Waals surface area contributed by atoms with Crippen LogP contribution in [-0.2, 0) is 4.79 Å². The molecule has 1 N–H and O–H groups in total. The van der Waals surface area contributed by atoms with Crippen molar-refractivity contribution >= 4 is 5.91 Å². The van der Waals surface area contributed by atoms with Crippen molar-refractivity contribution in [1.82, 2.24) is 10.2 Å². The van der Waals surface area contributed by atoms with Crippen LogP contribution in [-0.4, -0.2) is 36.5 Å². The van der Waals surface area contributed by atoms with Crippen LogP contribution in [0.15, 0.2) is 0 Å². The Morgan fingerprint density at radius 2 is 2.21 bits per heavy atom. The predicted octanol–water partition coefficient (Wildman–Crippen LogP) is 0.997. The number of hydrogen-bond acceptors (Lipinski definition) is 2. The van der Waals surface area contributed by atoms with Crippen LogP contribution in [0.3, 0.4) is 0 Å². The van der Waals surface area contributed by atoms with Crippen LogP contribution in [0.5, 0.6) is 0 Å². The lowest BCUT2D eigenvalue weighted by molar-refractivity contribution is -0.130. The molecular formula is C11H20N2O. The standard InChI is InChI=1S/C11H20N2O/c1-9(14)13-7-3-5-11(13)10-4-2-6-12-8-10/h10-12H,2-8H2,1H3. The van der Waals surface area contributed by atoms with E-state index in [1.807, 2.05) is 0 Å². The fourth-order valence-corrected chi connectivity index (χ4v) is 2.88. The van der Waals surface area contributed by atoms with Gasteiger partial charge in [-0.3, -0.25) is 4.79 Å². The number of carbonyl (C=O) groups excluding carboxylic acids is 1. The molecule has 3 nitrogen and oxygen atoms in total. The molecule has 2 saturated heterocycles. The maximum absolute atomic E-state index is 11.4. The molecule has 0 aromatic rings. The average Bonchev–Trinajstić information content (AvgIpc) is 2.67. The Kier molecular flexibility index (Phi) is 3.06. The Bertz CT molecular complexity index is 211. The van der Waals surface area contributed by atoms with E-state index in [0.717, 1.165) is 19.6 Å². The lowest BCUT2D eigenvalue weighted by atomic mass is 9.90. The van der Waals surface area contributed by atoms with Crippen LogP contribution in [0.25, 0.3) is 0 Å². The van der Waals surface area contributed by atoms with Gasteiger partial charge in [0.05, 0.1) is 0 Å². The second kappa shape index (κ2) is 4.30. The van der Waals surface area contributed by atoms with Crippen LogP contribution < -0.4 is 5.32 Å². The number of nitrogens with zero attached hydrogens (tertiary/aromatic N) is 1. The van der Waals surface area contributed by atoms with Gasteiger partial charge in [0.2, 0.25) is 5.91 Å². The summed E-state index contributed by atoms with van der Waals surface area (Å²) >= 11 is 0. The first-order valence-corrected chi connectivity index (χ1v) is 5.77. The summed E-state index contributed by atoms with van der Waals surface area (Å²) in [4.78, 5) is 13.5. The zero-order chi connectivity index (χ0) is 9.97. The molecule has 0 aromatic carbocycles. The summed E-state index contributed by atoms with van der Waals surface area (Å²) in [6, 6.07) is 0.528. The highest BCUT2D eigenvalue weighted by atomic mass is 16.2. The lowest BCUT2D eigenvalue weighted by Crippen LogP contribution is -2.44. The minimum atomic E-state index is 0.262. The number of amides is 1. The van der Waals surface area contributed by atoms with Crippen LogP contribution in [0.2, 0.25) is 0 Å². The normalized spacial score (nSPS) is 33.4. The third kappa shape index (κ3) is 1.92. The molecule has 0 aliphatic carbocycles. The molecule has 2 fully saturated rings. The third-order valence-electron chi connectivity index (χ3n) is 3.58. The summed E-state index contributed by atoms with van der Waals surface area (Å²) in [7, 11) is 0. The molecule has 3 heteroatoms. The van der Waals surface area contributed by atoms with Crippen molar-refractivity contribution in [2.45, 2.75) is 38.6 Å². The Balaban J connectivity index is 1.97. The third-order valence-corrected chi connectivity index (χ3v) is 3.58. The van der Waals surface area contributed by atoms with Crippen LogP contribution >= 0.6 is 0 Å². The molecule has 0 saturated carbocycles. The van der Waals surface area contributed by atoms with E-state index in [4.69, 9.17) is 0 Å². The molecule has 14 heavy (non-hydrogen) atoms. The lowest BCUT2D eigenvalue weighted by Gasteiger charge is -2.33. The van der Waals surface area contributed by atoms with Gasteiger partial charge in [0.15, 0.2) is 0 Å². The van der Waals surface area contributed by atoms with Gasteiger partial charge in [-0.15, -0.1) is 0 Å². The Morgan fingerprint density at radius 3 is 2.86 bits per heavy atom. The largest absolute Gasteiger partial charge is 0.340 e. The van der Waals surface area contributed by atoms with Gasteiger partial charge in [-0.2, -0.15) is 0 Å². The molecule has 0 aromatic heterocycles. The van der Waals surface area contributed by atoms with E-state index < -0.39 is 0 Å². The Morgan fingerprint density at radius 1 is 1.36 bits per heavy atom. The summed E-state index contributed by atoms with van der Waals surface area (Å²) in [5.74, 6) is 0.966. The second-order valence-corrected chi connectivity index (χ2v) is 4.53. The quantitative estimate of drug-likeness (QED) is 0.678. The number of rotatable bonds is 1. The van der Waals surface area contributed by atoms with Gasteiger partial charge in [0.25, 0.3) is 0 Å². The molecule has 0 spiro atoms. The average molecular weight is 196 g/mol. The fraction of sp³-hybridized carbons (Fsp3) is 0.909. The van der Waals surface area contributed by atoms with E-state index in [0.29, 0.717) is 12.0 Å². The van der Waals surface area contributed by atoms with E-state index in [1.54, 1.807) is 6.92 Å². The van der Waals surface area contributed by atoms with E-state index in [2.05, 4.69) is 10.2 Å². The zero-order valence-corrected chi connectivity index (χ0v) is 8.96. The highest BCUT2D eigenvalue weighted by Gasteiger charge is 2.33. The predicted molar refractivity (Wildman–Crippen MR) is 56.0 cm³/mol. The smallest absolute Gasteiger partial charge is 0.219 e. The highest BCUT2D eigenvalue weighted by molar-refractivity contribution is 5.73. The van der Waals surface area contributed by atoms with Crippen molar-refractivity contribution < 1.29 is 4.79 Å². The summed E-state index contributed by atoms with van der Waals surface area (Å²) in [5, 5.41) is 3.43. The van der Waals surface area contributed by atoms with E-state index in [1.165, 1.54) is 25.7 Å². The van der Waals surface area contributed by atoms with Crippen molar-refractivity contribution in [3.63, 3.8) is 0 Å². The summed E-state index contributed by atoms with van der Waals surface area (Å²) in [6.45, 7) is 4.95. The molecule has 80 valence electrons. The van der Waals surface area contributed by atoms with Gasteiger partial charge in [0.1, 0.15) is 0 Å². The molecule has 0 bridgehead atoms. The molecule has 2 unspecified atom stereocenters. The number of hydrogen-bond donors (Lipinski definition) is 1. The van der Waals surface area contributed by atoms with E-state index in [-0.39, 0.29) is 5.91 Å².